The van der Waals surface area contributed by atoms with Crippen molar-refractivity contribution < 1.29 is 62.3 Å². The molecule has 0 unspecified atom stereocenters. The molecule has 2 aromatic carbocycles. The van der Waals surface area contributed by atoms with Crippen molar-refractivity contribution in [1.82, 2.24) is 4.98 Å². The molecule has 16 nitrogen and oxygen atoms in total. The van der Waals surface area contributed by atoms with Crippen LogP contribution in [0.3, 0.4) is 0 Å². The Morgan fingerprint density at radius 2 is 1.74 bits per heavy atom. The highest BCUT2D eigenvalue weighted by molar-refractivity contribution is 8.00. The second-order valence-corrected chi connectivity index (χ2v) is 21.2. The fourth-order valence-electron chi connectivity index (χ4n) is 9.74. The van der Waals surface area contributed by atoms with Crippen LogP contribution in [0.15, 0.2) is 63.6 Å². The molecule has 0 aromatic heterocycles. The Morgan fingerprint density at radius 1 is 1.03 bits per heavy atom. The number of carbonyl (C=O) groups is 3. The van der Waals surface area contributed by atoms with E-state index in [1.54, 1.807) is 51.1 Å². The normalized spacial score (nSPS) is 28.7. The number of aromatic nitrogens is 1. The fourth-order valence-corrected chi connectivity index (χ4v) is 10.3. The van der Waals surface area contributed by atoms with Crippen LogP contribution in [0, 0.1) is 24.7 Å². The number of benzene rings is 3. The summed E-state index contributed by atoms with van der Waals surface area (Å²) < 4.78 is 36.8. The lowest BCUT2D eigenvalue weighted by Gasteiger charge is -2.49. The Bertz CT molecular complexity index is 2760. The summed E-state index contributed by atoms with van der Waals surface area (Å²) in [5, 5.41) is 36.7. The largest absolute Gasteiger partial charge is 0.507 e. The van der Waals surface area contributed by atoms with E-state index in [-0.39, 0.29) is 62.4 Å². The zero-order valence-corrected chi connectivity index (χ0v) is 42.3. The van der Waals surface area contributed by atoms with E-state index in [1.165, 1.54) is 53.2 Å². The average Bonchev–Trinajstić information content (AvgIpc) is 3.57. The van der Waals surface area contributed by atoms with Crippen LogP contribution in [-0.2, 0) is 23.8 Å². The van der Waals surface area contributed by atoms with Crippen molar-refractivity contribution in [3.63, 3.8) is 0 Å². The molecule has 18 heteroatoms. The van der Waals surface area contributed by atoms with Crippen molar-refractivity contribution in [2.75, 3.05) is 38.7 Å². The summed E-state index contributed by atoms with van der Waals surface area (Å²) in [7, 11) is 1.44. The second kappa shape index (κ2) is 20.3. The van der Waals surface area contributed by atoms with E-state index in [0.717, 1.165) is 32.4 Å². The number of anilines is 1. The molecule has 0 spiro atoms. The van der Waals surface area contributed by atoms with E-state index in [9.17, 15) is 34.5 Å². The number of phenols is 1. The lowest BCUT2D eigenvalue weighted by atomic mass is 9.83. The number of rotatable bonds is 7. The molecule has 8 atom stereocenters. The molecular weight excluding hydrogens is 927 g/mol. The number of nitrogens with zero attached hydrogens (tertiary/aromatic N) is 2. The van der Waals surface area contributed by atoms with Crippen LogP contribution in [0.1, 0.15) is 90.1 Å². The predicted molar refractivity (Wildman–Crippen MR) is 267 cm³/mol. The van der Waals surface area contributed by atoms with E-state index in [2.05, 4.69) is 5.32 Å². The minimum atomic E-state index is -2.05. The van der Waals surface area contributed by atoms with Crippen LogP contribution in [-0.4, -0.2) is 110 Å². The number of fused-ring (bicyclic) bond motifs is 2. The molecule has 5 aliphatic rings. The molecule has 1 saturated heterocycles. The first-order valence-electron chi connectivity index (χ1n) is 23.4. The number of ether oxygens (including phenoxy) is 5. The van der Waals surface area contributed by atoms with E-state index in [0.29, 0.717) is 28.9 Å². The van der Waals surface area contributed by atoms with Crippen molar-refractivity contribution in [3.8, 4) is 28.7 Å². The van der Waals surface area contributed by atoms with Gasteiger partial charge in [0.15, 0.2) is 15.5 Å². The topological polar surface area (TPSA) is 213 Å². The summed E-state index contributed by atoms with van der Waals surface area (Å²) >= 11 is 9.71. The Kier molecular flexibility index (Phi) is 15.2. The molecule has 4 bridgehead atoms. The molecule has 0 saturated carbocycles. The molecule has 0 radical (unpaired) electrons. The van der Waals surface area contributed by atoms with Gasteiger partial charge in [-0.2, -0.15) is 0 Å². The minimum Gasteiger partial charge on any atom is -0.507 e. The molecule has 2 aromatic rings. The van der Waals surface area contributed by atoms with Crippen LogP contribution in [0.5, 0.6) is 17.2 Å². The van der Waals surface area contributed by atoms with Crippen molar-refractivity contribution >= 4 is 70.5 Å². The monoisotopic (exact) mass is 990 g/mol. The highest BCUT2D eigenvalue weighted by Crippen LogP contribution is 2.50. The van der Waals surface area contributed by atoms with Gasteiger partial charge < -0.3 is 48.7 Å². The number of methoxy groups -OCH3 is 1. The zero-order chi connectivity index (χ0) is 50.3. The number of likely N-dealkylation sites (tertiary alicyclic amines) is 1. The molecule has 7 rings (SSSR count). The number of thiol groups is 2. The van der Waals surface area contributed by atoms with Gasteiger partial charge in [0.05, 0.1) is 48.6 Å². The van der Waals surface area contributed by atoms with Crippen LogP contribution in [0.2, 0.25) is 0 Å². The molecule has 1 fully saturated rings. The third-order valence-corrected chi connectivity index (χ3v) is 15.1. The fraction of sp³-hybridized carbons (Fsp3) is 0.510. The second-order valence-electron chi connectivity index (χ2n) is 19.1. The van der Waals surface area contributed by atoms with Gasteiger partial charge >= 0.3 is 11.8 Å². The summed E-state index contributed by atoms with van der Waals surface area (Å²) in [5.74, 6) is -6.09. The molecule has 4 aliphatic heterocycles. The predicted octanol–water partition coefficient (Wildman–Crippen LogP) is 7.62. The number of ketones is 1. The lowest BCUT2D eigenvalue weighted by Crippen LogP contribution is -2.61. The van der Waals surface area contributed by atoms with Gasteiger partial charge in [-0.1, -0.05) is 39.0 Å². The first kappa shape index (κ1) is 51.7. The maximum Gasteiger partial charge on any atom is 0.312 e. The average molecular weight is 991 g/mol. The minimum absolute atomic E-state index is 0.0253. The van der Waals surface area contributed by atoms with Gasteiger partial charge in [0.2, 0.25) is 5.43 Å². The maximum absolute atomic E-state index is 14.9. The maximum atomic E-state index is 14.9. The number of nitrogens with one attached hydrogen (secondary N) is 1. The number of esters is 1. The van der Waals surface area contributed by atoms with Crippen LogP contribution in [0.4, 0.5) is 5.69 Å². The number of Topliss-reactive ketones (excluding diaryl/α,β-unsaturated/α-hetero) is 1. The number of piperidine rings is 1. The summed E-state index contributed by atoms with van der Waals surface area (Å²) in [6.45, 7) is 15.7. The summed E-state index contributed by atoms with van der Waals surface area (Å²) in [4.78, 5) is 61.0. The molecular formula is C51H64N3O13S2+. The number of aliphatic hydroxyl groups excluding tert-OH is 2. The van der Waals surface area contributed by atoms with Crippen LogP contribution in [0.25, 0.3) is 33.3 Å². The molecule has 4 heterocycles. The van der Waals surface area contributed by atoms with Crippen molar-refractivity contribution in [3.05, 3.63) is 75.7 Å². The van der Waals surface area contributed by atoms with Gasteiger partial charge in [-0.05, 0) is 51.3 Å². The van der Waals surface area contributed by atoms with Gasteiger partial charge in [0, 0.05) is 74.6 Å². The van der Waals surface area contributed by atoms with Gasteiger partial charge in [-0.3, -0.25) is 23.7 Å². The first-order chi connectivity index (χ1) is 32.5. The molecule has 1 amide bonds. The lowest BCUT2D eigenvalue weighted by molar-refractivity contribution is -0.947. The number of quaternary nitrogens is 1. The number of carbonyl (C=O) groups excluding carboxylic acids is 3. The number of hydrogen-bond donors (Lipinski definition) is 6. The highest BCUT2D eigenvalue weighted by Gasteiger charge is 2.50. The number of phenolic OH excluding ortho intramolecular Hbond substituents is 1. The standard InChI is InChI=1S/C51H63N3O13S2/c1-26-14-13-15-27(2)49(61)53-42-44(59)39-38(41-47(42)66-37-24-32(16-17-33(37)52-41)63-23-21-54(51(8,68)69)19-11-10-12-20-54)40-46(30(5)43(39)58)67-50(7,48(40)60)64-22-18-36(62-9)29(4)45(65-31(6)55)28(3)35(57)25-34(26)56/h13-18,22,24,26,28-29,34-36,45,56-57H,10-12,19-21,23,25H2,1-9H3,(H3-,52,53,58,59,60,61,68,69)/p+1/b14-13+,22-18+,27-15-/t26-,28+,29+,34+,35+,36-,45-,50-/m0/s1. The number of hydrogen-bond acceptors (Lipinski definition) is 16. The van der Waals surface area contributed by atoms with E-state index in [4.69, 9.17) is 58.3 Å². The van der Waals surface area contributed by atoms with Crippen molar-refractivity contribution in [2.45, 2.75) is 115 Å². The third kappa shape index (κ3) is 10.1. The Hall–Kier alpha value is -5.11. The Labute approximate surface area is 412 Å². The van der Waals surface area contributed by atoms with Gasteiger partial charge in [-0.25, -0.2) is 4.98 Å². The number of allylic oxidation sites excluding steroid dienone is 2. The van der Waals surface area contributed by atoms with Gasteiger partial charge in [0.1, 0.15) is 53.4 Å². The van der Waals surface area contributed by atoms with Gasteiger partial charge in [-0.15, -0.1) is 25.3 Å². The highest BCUT2D eigenvalue weighted by atomic mass is 32.2. The zero-order valence-electron chi connectivity index (χ0n) is 40.5. The van der Waals surface area contributed by atoms with E-state index in [1.807, 2.05) is 6.92 Å². The van der Waals surface area contributed by atoms with Crippen molar-refractivity contribution in [1.29, 1.82) is 0 Å². The van der Waals surface area contributed by atoms with Crippen LogP contribution >= 0.6 is 25.3 Å². The Morgan fingerprint density at radius 3 is 2.41 bits per heavy atom. The van der Waals surface area contributed by atoms with E-state index < -0.39 is 81.0 Å². The summed E-state index contributed by atoms with van der Waals surface area (Å²) in [6, 6.07) is 5.05. The molecule has 69 heavy (non-hydrogen) atoms. The summed E-state index contributed by atoms with van der Waals surface area (Å²) in [6.07, 6.45) is 6.86. The van der Waals surface area contributed by atoms with Crippen molar-refractivity contribution in [2.24, 2.45) is 17.8 Å². The molecule has 1 aliphatic carbocycles. The third-order valence-electron chi connectivity index (χ3n) is 14.2. The summed E-state index contributed by atoms with van der Waals surface area (Å²) in [5.41, 5.74) is -0.592. The SMILES string of the molecule is CO[C@H]1/C=C/O[C@@]2(C)Oc3c(C)c(O)c4c(=O)c(c5oc6cc(OCC[N+]7(C(C)(S)S)CCCCC7)ccc6nc-5c4c3C2=O)NC(=O)/C(C)=C\C=C\[C@H](C)[C@H](O)C[C@@H](O)[C@@H](C)[C@H](OC(C)=O)[C@@H]1C. The number of amides is 1. The Balaban J connectivity index is 1.37. The van der Waals surface area contributed by atoms with E-state index >= 15 is 0 Å². The smallest absolute Gasteiger partial charge is 0.312 e. The number of aliphatic hydroxyl groups is 2. The molecule has 372 valence electrons. The van der Waals surface area contributed by atoms with Crippen LogP contribution < -0.4 is 20.2 Å². The van der Waals surface area contributed by atoms with Gasteiger partial charge in [0.25, 0.3) is 11.7 Å². The molecule has 4 N–H and O–H groups in total. The quantitative estimate of drug-likeness (QED) is 0.0263. The number of aromatic hydroxyl groups is 1. The first-order valence-corrected chi connectivity index (χ1v) is 24.3.